The van der Waals surface area contributed by atoms with Crippen LogP contribution in [0.2, 0.25) is 0 Å². The number of rotatable bonds is 9. The number of esters is 1. The number of aromatic nitrogens is 2. The lowest BCUT2D eigenvalue weighted by molar-refractivity contribution is -0.140. The molecule has 0 aromatic carbocycles. The molecule has 1 aliphatic carbocycles. The monoisotopic (exact) mass is 330 g/mol. The van der Waals surface area contributed by atoms with E-state index in [0.717, 1.165) is 9.47 Å². The maximum Gasteiger partial charge on any atom is 0.305 e. The molecule has 0 atom stereocenters. The first-order chi connectivity index (χ1) is 10.2. The predicted molar refractivity (Wildman–Crippen MR) is 81.5 cm³/mol. The van der Waals surface area contributed by atoms with Gasteiger partial charge in [0.25, 0.3) is 0 Å². The lowest BCUT2D eigenvalue weighted by Crippen LogP contribution is -2.26. The SMILES string of the molecule is COC(=O)CCCNC(=O)CSc1nnc(NC2CC2)s1. The van der Waals surface area contributed by atoms with Crippen LogP contribution in [-0.2, 0) is 14.3 Å². The van der Waals surface area contributed by atoms with Crippen LogP contribution < -0.4 is 10.6 Å². The zero-order valence-corrected chi connectivity index (χ0v) is 13.4. The topological polar surface area (TPSA) is 93.2 Å². The number of amides is 1. The maximum absolute atomic E-state index is 11.6. The number of methoxy groups -OCH3 is 1. The third-order valence-electron chi connectivity index (χ3n) is 2.75. The molecular formula is C12H18N4O3S2. The smallest absolute Gasteiger partial charge is 0.305 e. The minimum absolute atomic E-state index is 0.0724. The Bertz CT molecular complexity index is 491. The van der Waals surface area contributed by atoms with E-state index in [1.807, 2.05) is 0 Å². The Morgan fingerprint density at radius 1 is 1.43 bits per heavy atom. The third kappa shape index (κ3) is 6.30. The Kier molecular flexibility index (Phi) is 6.24. The van der Waals surface area contributed by atoms with Gasteiger partial charge in [0.1, 0.15) is 0 Å². The predicted octanol–water partition coefficient (Wildman–Crippen LogP) is 1.27. The van der Waals surface area contributed by atoms with E-state index in [2.05, 4.69) is 25.6 Å². The van der Waals surface area contributed by atoms with Crippen molar-refractivity contribution < 1.29 is 14.3 Å². The summed E-state index contributed by atoms with van der Waals surface area (Å²) >= 11 is 2.83. The van der Waals surface area contributed by atoms with E-state index >= 15 is 0 Å². The van der Waals surface area contributed by atoms with Crippen LogP contribution in [0.1, 0.15) is 25.7 Å². The number of nitrogens with one attached hydrogen (secondary N) is 2. The van der Waals surface area contributed by atoms with E-state index in [4.69, 9.17) is 0 Å². The maximum atomic E-state index is 11.6. The number of ether oxygens (including phenoxy) is 1. The second-order valence-corrected chi connectivity index (χ2v) is 6.81. The Morgan fingerprint density at radius 3 is 2.95 bits per heavy atom. The highest BCUT2D eigenvalue weighted by Gasteiger charge is 2.22. The van der Waals surface area contributed by atoms with Crippen molar-refractivity contribution in [2.45, 2.75) is 36.1 Å². The average molecular weight is 330 g/mol. The molecule has 1 amide bonds. The van der Waals surface area contributed by atoms with Gasteiger partial charge in [-0.1, -0.05) is 23.1 Å². The summed E-state index contributed by atoms with van der Waals surface area (Å²) < 4.78 is 5.30. The number of carbonyl (C=O) groups is 2. The van der Waals surface area contributed by atoms with Crippen molar-refractivity contribution in [3.8, 4) is 0 Å². The van der Waals surface area contributed by atoms with Crippen LogP contribution in [0.5, 0.6) is 0 Å². The average Bonchev–Trinajstić information content (AvgIpc) is 3.18. The molecule has 116 valence electrons. The fourth-order valence-corrected chi connectivity index (χ4v) is 3.13. The number of carbonyl (C=O) groups excluding carboxylic acids is 2. The molecule has 1 aromatic heterocycles. The zero-order chi connectivity index (χ0) is 15.1. The van der Waals surface area contributed by atoms with Gasteiger partial charge in [0, 0.05) is 19.0 Å². The summed E-state index contributed by atoms with van der Waals surface area (Å²) in [5.74, 6) is -0.0315. The first-order valence-corrected chi connectivity index (χ1v) is 8.54. The molecule has 0 radical (unpaired) electrons. The highest BCUT2D eigenvalue weighted by atomic mass is 32.2. The van der Waals surface area contributed by atoms with Crippen LogP contribution >= 0.6 is 23.1 Å². The number of hydrogen-bond donors (Lipinski definition) is 2. The molecule has 9 heteroatoms. The van der Waals surface area contributed by atoms with Crippen LogP contribution in [0.3, 0.4) is 0 Å². The summed E-state index contributed by atoms with van der Waals surface area (Å²) in [5, 5.41) is 14.9. The van der Waals surface area contributed by atoms with Gasteiger partial charge in [-0.25, -0.2) is 0 Å². The van der Waals surface area contributed by atoms with Crippen molar-refractivity contribution in [3.05, 3.63) is 0 Å². The molecule has 1 heterocycles. The van der Waals surface area contributed by atoms with Gasteiger partial charge in [-0.2, -0.15) is 0 Å². The van der Waals surface area contributed by atoms with Gasteiger partial charge in [-0.05, 0) is 19.3 Å². The molecule has 0 unspecified atom stereocenters. The lowest BCUT2D eigenvalue weighted by atomic mass is 10.3. The second-order valence-electron chi connectivity index (χ2n) is 4.61. The molecule has 21 heavy (non-hydrogen) atoms. The fraction of sp³-hybridized carbons (Fsp3) is 0.667. The molecule has 2 N–H and O–H groups in total. The van der Waals surface area contributed by atoms with Crippen molar-refractivity contribution in [2.24, 2.45) is 0 Å². The Morgan fingerprint density at radius 2 is 2.24 bits per heavy atom. The van der Waals surface area contributed by atoms with E-state index in [1.54, 1.807) is 0 Å². The Balaban J connectivity index is 1.57. The standard InChI is InChI=1S/C12H18N4O3S2/c1-19-10(18)3-2-6-13-9(17)7-20-12-16-15-11(21-12)14-8-4-5-8/h8H,2-7H2,1H3,(H,13,17)(H,14,15). The van der Waals surface area contributed by atoms with E-state index in [0.29, 0.717) is 31.2 Å². The summed E-state index contributed by atoms with van der Waals surface area (Å²) in [6.45, 7) is 0.471. The third-order valence-corrected chi connectivity index (χ3v) is 4.73. The van der Waals surface area contributed by atoms with Crippen LogP contribution in [0.4, 0.5) is 5.13 Å². The molecule has 7 nitrogen and oxygen atoms in total. The molecule has 0 aliphatic heterocycles. The van der Waals surface area contributed by atoms with E-state index in [9.17, 15) is 9.59 Å². The van der Waals surface area contributed by atoms with Gasteiger partial charge < -0.3 is 15.4 Å². The minimum atomic E-state index is -0.261. The molecule has 2 rings (SSSR count). The van der Waals surface area contributed by atoms with Crippen molar-refractivity contribution in [2.75, 3.05) is 24.7 Å². The van der Waals surface area contributed by atoms with Gasteiger partial charge in [-0.3, -0.25) is 9.59 Å². The minimum Gasteiger partial charge on any atom is -0.469 e. The molecule has 0 saturated heterocycles. The molecule has 0 bridgehead atoms. The normalized spacial score (nSPS) is 13.8. The number of nitrogens with zero attached hydrogens (tertiary/aromatic N) is 2. The summed E-state index contributed by atoms with van der Waals surface area (Å²) in [5.41, 5.74) is 0. The molecule has 1 fully saturated rings. The molecule has 1 aliphatic rings. The van der Waals surface area contributed by atoms with Crippen LogP contribution in [0.25, 0.3) is 0 Å². The molecule has 1 saturated carbocycles. The quantitative estimate of drug-likeness (QED) is 0.400. The van der Waals surface area contributed by atoms with Crippen LogP contribution in [0, 0.1) is 0 Å². The fourth-order valence-electron chi connectivity index (χ4n) is 1.47. The van der Waals surface area contributed by atoms with E-state index < -0.39 is 0 Å². The van der Waals surface area contributed by atoms with Crippen molar-refractivity contribution in [3.63, 3.8) is 0 Å². The number of hydrogen-bond acceptors (Lipinski definition) is 8. The van der Waals surface area contributed by atoms with Gasteiger partial charge in [0.05, 0.1) is 12.9 Å². The lowest BCUT2D eigenvalue weighted by Gasteiger charge is -2.03. The first kappa shape index (κ1) is 16.0. The molecule has 0 spiro atoms. The second kappa shape index (κ2) is 8.18. The van der Waals surface area contributed by atoms with Crippen molar-refractivity contribution >= 4 is 40.1 Å². The highest BCUT2D eigenvalue weighted by molar-refractivity contribution is 8.01. The van der Waals surface area contributed by atoms with Gasteiger partial charge >= 0.3 is 5.97 Å². The Hall–Kier alpha value is -1.35. The van der Waals surface area contributed by atoms with Gasteiger partial charge in [0.2, 0.25) is 11.0 Å². The number of thioether (sulfide) groups is 1. The summed E-state index contributed by atoms with van der Waals surface area (Å²) in [6.07, 6.45) is 3.28. The molecule has 1 aromatic rings. The summed E-state index contributed by atoms with van der Waals surface area (Å²) in [4.78, 5) is 22.5. The zero-order valence-electron chi connectivity index (χ0n) is 11.8. The van der Waals surface area contributed by atoms with Crippen LogP contribution in [0.15, 0.2) is 4.34 Å². The first-order valence-electron chi connectivity index (χ1n) is 6.73. The summed E-state index contributed by atoms with van der Waals surface area (Å²) in [6, 6.07) is 0.550. The van der Waals surface area contributed by atoms with Crippen molar-refractivity contribution in [1.29, 1.82) is 0 Å². The largest absolute Gasteiger partial charge is 0.469 e. The van der Waals surface area contributed by atoms with Gasteiger partial charge in [-0.15, -0.1) is 10.2 Å². The molecular weight excluding hydrogens is 312 g/mol. The Labute approximate surface area is 131 Å². The highest BCUT2D eigenvalue weighted by Crippen LogP contribution is 2.29. The van der Waals surface area contributed by atoms with Crippen LogP contribution in [-0.4, -0.2) is 47.5 Å². The number of anilines is 1. The van der Waals surface area contributed by atoms with Gasteiger partial charge in [0.15, 0.2) is 4.34 Å². The van der Waals surface area contributed by atoms with E-state index in [-0.39, 0.29) is 11.9 Å². The van der Waals surface area contributed by atoms with Crippen molar-refractivity contribution in [1.82, 2.24) is 15.5 Å². The van der Waals surface area contributed by atoms with E-state index in [1.165, 1.54) is 43.1 Å². The summed E-state index contributed by atoms with van der Waals surface area (Å²) in [7, 11) is 1.35.